The molecule has 1 aliphatic carbocycles. The van der Waals surface area contributed by atoms with Gasteiger partial charge in [0.1, 0.15) is 11.7 Å². The third-order valence-corrected chi connectivity index (χ3v) is 6.78. The van der Waals surface area contributed by atoms with Crippen LogP contribution in [0.4, 0.5) is 14.5 Å². The molecule has 1 aromatic carbocycles. The van der Waals surface area contributed by atoms with Crippen molar-refractivity contribution < 1.29 is 8.78 Å². The quantitative estimate of drug-likeness (QED) is 0.420. The van der Waals surface area contributed by atoms with Crippen LogP contribution >= 0.6 is 0 Å². The van der Waals surface area contributed by atoms with Crippen LogP contribution in [-0.2, 0) is 0 Å². The van der Waals surface area contributed by atoms with Crippen LogP contribution in [0.15, 0.2) is 36.8 Å². The Kier molecular flexibility index (Phi) is 5.42. The Labute approximate surface area is 195 Å². The van der Waals surface area contributed by atoms with Crippen molar-refractivity contribution in [3.63, 3.8) is 0 Å². The van der Waals surface area contributed by atoms with Gasteiger partial charge in [-0.3, -0.25) is 4.98 Å². The first-order valence-corrected chi connectivity index (χ1v) is 11.2. The fourth-order valence-corrected chi connectivity index (χ4v) is 4.98. The first kappa shape index (κ1) is 22.2. The predicted molar refractivity (Wildman–Crippen MR) is 128 cm³/mol. The fraction of sp³-hybridized carbons (Fsp3) is 0.320. The third-order valence-electron chi connectivity index (χ3n) is 6.78. The predicted octanol–water partition coefficient (Wildman–Crippen LogP) is 3.69. The summed E-state index contributed by atoms with van der Waals surface area (Å²) in [6.07, 6.45) is 6.78. The molecule has 2 atom stereocenters. The van der Waals surface area contributed by atoms with Crippen molar-refractivity contribution >= 4 is 27.6 Å². The second-order valence-corrected chi connectivity index (χ2v) is 9.07. The largest absolute Gasteiger partial charge is 0.370 e. The van der Waals surface area contributed by atoms with E-state index in [0.717, 1.165) is 43.2 Å². The van der Waals surface area contributed by atoms with Crippen molar-refractivity contribution in [2.24, 2.45) is 11.1 Å². The molecule has 0 radical (unpaired) electrons. The lowest BCUT2D eigenvalue weighted by molar-refractivity contribution is 0.517. The number of hydrogen-bond donors (Lipinski definition) is 3. The zero-order valence-electron chi connectivity index (χ0n) is 19.0. The molecule has 0 bridgehead atoms. The number of benzene rings is 1. The molecule has 9 heteroatoms. The molecule has 0 amide bonds. The lowest BCUT2D eigenvalue weighted by atomic mass is 10.0. The minimum Gasteiger partial charge on any atom is -0.370 e. The standard InChI is InChI=1S/C23H18F2N6.C2H7N/c24-15-1-2-16-18(20(15)25)19-21(31-4-3-23(11-31)6-17(23)27)14(10-29-22(19)30-16)13-5-12(7-26)8-28-9-13;1-3-2/h1-2,5,8-10,17H,3-4,6,11,27H2,(H,29,30);3H,1-2H3. The van der Waals surface area contributed by atoms with E-state index in [4.69, 9.17) is 5.73 Å². The van der Waals surface area contributed by atoms with E-state index in [1.54, 1.807) is 18.5 Å². The van der Waals surface area contributed by atoms with Crippen LogP contribution in [0.2, 0.25) is 0 Å². The topological polar surface area (TPSA) is 107 Å². The van der Waals surface area contributed by atoms with Gasteiger partial charge in [0.15, 0.2) is 11.6 Å². The van der Waals surface area contributed by atoms with Gasteiger partial charge in [-0.15, -0.1) is 0 Å². The van der Waals surface area contributed by atoms with E-state index in [0.29, 0.717) is 27.7 Å². The Balaban J connectivity index is 0.000000764. The molecule has 1 spiro atoms. The zero-order chi connectivity index (χ0) is 24.0. The highest BCUT2D eigenvalue weighted by Gasteiger charge is 2.55. The van der Waals surface area contributed by atoms with Gasteiger partial charge in [0.2, 0.25) is 0 Å². The summed E-state index contributed by atoms with van der Waals surface area (Å²) in [5, 5.41) is 12.8. The zero-order valence-corrected chi connectivity index (χ0v) is 19.0. The number of nitrogens with one attached hydrogen (secondary N) is 2. The summed E-state index contributed by atoms with van der Waals surface area (Å²) in [5.74, 6) is -1.80. The maximum Gasteiger partial charge on any atom is 0.168 e. The summed E-state index contributed by atoms with van der Waals surface area (Å²) < 4.78 is 29.2. The summed E-state index contributed by atoms with van der Waals surface area (Å²) in [4.78, 5) is 14.0. The van der Waals surface area contributed by atoms with Crippen LogP contribution in [-0.4, -0.2) is 48.2 Å². The molecule has 2 unspecified atom stereocenters. The highest BCUT2D eigenvalue weighted by atomic mass is 19.2. The molecular weight excluding hydrogens is 436 g/mol. The second kappa shape index (κ2) is 8.31. The SMILES string of the molecule is CNC.N#Cc1cncc(-c2cnc3[nH]c4ccc(F)c(F)c4c3c2N2CCC3(CC3N)C2)c1. The van der Waals surface area contributed by atoms with Gasteiger partial charge < -0.3 is 20.9 Å². The van der Waals surface area contributed by atoms with Gasteiger partial charge >= 0.3 is 0 Å². The molecule has 174 valence electrons. The van der Waals surface area contributed by atoms with Crippen molar-refractivity contribution in [1.29, 1.82) is 5.26 Å². The first-order valence-electron chi connectivity index (χ1n) is 11.2. The maximum absolute atomic E-state index is 15.0. The van der Waals surface area contributed by atoms with Gasteiger partial charge in [-0.1, -0.05) is 0 Å². The number of nitriles is 1. The van der Waals surface area contributed by atoms with Gasteiger partial charge in [-0.2, -0.15) is 5.26 Å². The fourth-order valence-electron chi connectivity index (χ4n) is 4.98. The van der Waals surface area contributed by atoms with Gasteiger partial charge in [0.25, 0.3) is 0 Å². The van der Waals surface area contributed by atoms with Gasteiger partial charge in [0.05, 0.1) is 22.2 Å². The van der Waals surface area contributed by atoms with Crippen molar-refractivity contribution in [2.75, 3.05) is 32.1 Å². The minimum atomic E-state index is -0.903. The lowest BCUT2D eigenvalue weighted by Gasteiger charge is -2.23. The molecule has 4 N–H and O–H groups in total. The van der Waals surface area contributed by atoms with Gasteiger partial charge in [0, 0.05) is 59.7 Å². The van der Waals surface area contributed by atoms with E-state index >= 15 is 0 Å². The van der Waals surface area contributed by atoms with E-state index in [1.807, 2.05) is 14.1 Å². The summed E-state index contributed by atoms with van der Waals surface area (Å²) in [6, 6.07) is 6.65. The number of halogens is 2. The number of H-pyrrole nitrogens is 1. The van der Waals surface area contributed by atoms with E-state index in [2.05, 4.69) is 31.2 Å². The number of nitrogens with two attached hydrogens (primary N) is 1. The number of anilines is 1. The highest BCUT2D eigenvalue weighted by Crippen LogP contribution is 2.54. The van der Waals surface area contributed by atoms with E-state index in [-0.39, 0.29) is 16.8 Å². The average Bonchev–Trinajstić information content (AvgIpc) is 3.16. The number of aromatic amines is 1. The molecule has 1 saturated carbocycles. The molecule has 4 heterocycles. The highest BCUT2D eigenvalue weighted by molar-refractivity contribution is 6.15. The van der Waals surface area contributed by atoms with Crippen molar-refractivity contribution in [1.82, 2.24) is 20.3 Å². The molecular formula is C25H25F2N7. The Morgan fingerprint density at radius 3 is 2.68 bits per heavy atom. The smallest absolute Gasteiger partial charge is 0.168 e. The molecule has 2 fully saturated rings. The minimum absolute atomic E-state index is 0.0789. The Bertz CT molecular complexity index is 1440. The van der Waals surface area contributed by atoms with Crippen LogP contribution in [0.5, 0.6) is 0 Å². The van der Waals surface area contributed by atoms with Crippen LogP contribution in [0, 0.1) is 28.4 Å². The monoisotopic (exact) mass is 461 g/mol. The number of aromatic nitrogens is 3. The molecule has 3 aromatic heterocycles. The number of fused-ring (bicyclic) bond motifs is 3. The second-order valence-electron chi connectivity index (χ2n) is 9.07. The summed E-state index contributed by atoms with van der Waals surface area (Å²) in [6.45, 7) is 1.50. The summed E-state index contributed by atoms with van der Waals surface area (Å²) in [5.41, 5.74) is 9.90. The number of pyridine rings is 2. The lowest BCUT2D eigenvalue weighted by Crippen LogP contribution is -2.23. The maximum atomic E-state index is 15.0. The van der Waals surface area contributed by atoms with Crippen LogP contribution in [0.3, 0.4) is 0 Å². The molecule has 2 aliphatic rings. The molecule has 6 rings (SSSR count). The third kappa shape index (κ3) is 3.47. The van der Waals surface area contributed by atoms with E-state index in [1.165, 1.54) is 12.3 Å². The van der Waals surface area contributed by atoms with E-state index < -0.39 is 11.6 Å². The summed E-state index contributed by atoms with van der Waals surface area (Å²) >= 11 is 0. The van der Waals surface area contributed by atoms with Crippen LogP contribution in [0.25, 0.3) is 33.1 Å². The first-order chi connectivity index (χ1) is 16.4. The van der Waals surface area contributed by atoms with Crippen molar-refractivity contribution in [3.05, 3.63) is 54.0 Å². The Morgan fingerprint density at radius 1 is 1.24 bits per heavy atom. The number of nitrogens with zero attached hydrogens (tertiary/aromatic N) is 4. The Hall–Kier alpha value is -3.61. The number of hydrogen-bond acceptors (Lipinski definition) is 6. The molecule has 1 aliphatic heterocycles. The van der Waals surface area contributed by atoms with Crippen molar-refractivity contribution in [3.8, 4) is 17.2 Å². The van der Waals surface area contributed by atoms with E-state index in [9.17, 15) is 14.0 Å². The Morgan fingerprint density at radius 2 is 2.00 bits per heavy atom. The number of rotatable bonds is 2. The summed E-state index contributed by atoms with van der Waals surface area (Å²) in [7, 11) is 3.75. The average molecular weight is 462 g/mol. The molecule has 7 nitrogen and oxygen atoms in total. The van der Waals surface area contributed by atoms with Crippen LogP contribution < -0.4 is 16.0 Å². The van der Waals surface area contributed by atoms with Crippen LogP contribution in [0.1, 0.15) is 18.4 Å². The van der Waals surface area contributed by atoms with Gasteiger partial charge in [-0.05, 0) is 45.1 Å². The molecule has 34 heavy (non-hydrogen) atoms. The molecule has 4 aromatic rings. The van der Waals surface area contributed by atoms with Gasteiger partial charge in [-0.25, -0.2) is 13.8 Å². The van der Waals surface area contributed by atoms with Crippen molar-refractivity contribution in [2.45, 2.75) is 18.9 Å². The normalized spacial score (nSPS) is 21.1. The molecule has 1 saturated heterocycles.